The van der Waals surface area contributed by atoms with Gasteiger partial charge in [-0.2, -0.15) is 0 Å². The van der Waals surface area contributed by atoms with E-state index in [2.05, 4.69) is 9.47 Å². The molecule has 2 aromatic carbocycles. The van der Waals surface area contributed by atoms with Gasteiger partial charge in [0.2, 0.25) is 0 Å². The van der Waals surface area contributed by atoms with Crippen molar-refractivity contribution in [1.29, 1.82) is 0 Å². The molecule has 0 aliphatic heterocycles. The van der Waals surface area contributed by atoms with E-state index in [-0.39, 0.29) is 0 Å². The molecular formula is C16H15O5P. The Kier molecular flexibility index (Phi) is 5.26. The molecule has 0 radical (unpaired) electrons. The minimum atomic E-state index is -1.55. The first-order valence-electron chi connectivity index (χ1n) is 6.42. The number of esters is 2. The fourth-order valence-corrected chi connectivity index (χ4v) is 3.02. The van der Waals surface area contributed by atoms with Gasteiger partial charge in [-0.15, -0.1) is 0 Å². The van der Waals surface area contributed by atoms with Gasteiger partial charge in [0.1, 0.15) is 0 Å². The second-order valence-electron chi connectivity index (χ2n) is 4.39. The maximum Gasteiger partial charge on any atom is 0.337 e. The van der Waals surface area contributed by atoms with Gasteiger partial charge in [0.25, 0.3) is 0 Å². The van der Waals surface area contributed by atoms with Crippen molar-refractivity contribution in [3.8, 4) is 0 Å². The van der Waals surface area contributed by atoms with Crippen molar-refractivity contribution in [2.45, 2.75) is 0 Å². The summed E-state index contributed by atoms with van der Waals surface area (Å²) in [5, 5.41) is 1.40. The van der Waals surface area contributed by atoms with E-state index in [9.17, 15) is 14.5 Å². The highest BCUT2D eigenvalue weighted by molar-refractivity contribution is 7.67. The molecule has 0 amide bonds. The van der Waals surface area contributed by atoms with E-state index in [0.29, 0.717) is 21.7 Å². The summed E-state index contributed by atoms with van der Waals surface area (Å²) in [7, 11) is 1.09. The molecule has 5 nitrogen and oxygen atoms in total. The highest BCUT2D eigenvalue weighted by atomic mass is 31.1. The van der Waals surface area contributed by atoms with E-state index in [4.69, 9.17) is 0 Å². The van der Waals surface area contributed by atoms with Crippen molar-refractivity contribution in [1.82, 2.24) is 0 Å². The van der Waals surface area contributed by atoms with Gasteiger partial charge in [-0.25, -0.2) is 9.59 Å². The zero-order chi connectivity index (χ0) is 16.1. The smallest absolute Gasteiger partial charge is 0.337 e. The van der Waals surface area contributed by atoms with Crippen molar-refractivity contribution in [2.75, 3.05) is 14.2 Å². The Morgan fingerprint density at radius 1 is 0.773 bits per heavy atom. The Hall–Kier alpha value is -2.23. The van der Waals surface area contributed by atoms with Crippen LogP contribution in [0.2, 0.25) is 0 Å². The number of benzene rings is 2. The number of carbonyl (C=O) groups is 2. The minimum absolute atomic E-state index is 0.420. The fourth-order valence-electron chi connectivity index (χ4n) is 1.86. The van der Waals surface area contributed by atoms with Crippen LogP contribution in [0.25, 0.3) is 0 Å². The van der Waals surface area contributed by atoms with Gasteiger partial charge in [0.05, 0.1) is 33.5 Å². The third-order valence-corrected chi connectivity index (χ3v) is 4.64. The van der Waals surface area contributed by atoms with Gasteiger partial charge in [0.15, 0.2) is 0 Å². The molecule has 0 aromatic heterocycles. The first-order valence-corrected chi connectivity index (χ1v) is 7.72. The average molecular weight is 318 g/mol. The summed E-state index contributed by atoms with van der Waals surface area (Å²) in [6, 6.07) is 13.2. The second kappa shape index (κ2) is 7.16. The Morgan fingerprint density at radius 3 is 1.36 bits per heavy atom. The zero-order valence-electron chi connectivity index (χ0n) is 12.1. The molecule has 2 aromatic rings. The van der Waals surface area contributed by atoms with Gasteiger partial charge in [-0.1, -0.05) is 24.3 Å². The quantitative estimate of drug-likeness (QED) is 0.685. The minimum Gasteiger partial charge on any atom is -0.465 e. The van der Waals surface area contributed by atoms with Crippen molar-refractivity contribution < 1.29 is 24.0 Å². The van der Waals surface area contributed by atoms with Crippen molar-refractivity contribution in [2.24, 2.45) is 0 Å². The van der Waals surface area contributed by atoms with Crippen LogP contribution < -0.4 is 10.6 Å². The van der Waals surface area contributed by atoms with Gasteiger partial charge < -0.3 is 14.4 Å². The largest absolute Gasteiger partial charge is 0.465 e. The molecule has 0 spiro atoms. The molecule has 6 heteroatoms. The van der Waals surface area contributed by atoms with Gasteiger partial charge in [-0.3, -0.25) is 0 Å². The summed E-state index contributed by atoms with van der Waals surface area (Å²) < 4.78 is 9.26. The molecule has 0 atom stereocenters. The molecule has 0 aliphatic rings. The molecule has 0 unspecified atom stereocenters. The standard InChI is InChI=1S/C16H15O5P/c1-20-15(17)11-3-7-13(8-4-11)22(19)14-9-5-12(6-10-14)16(18)21-2/h3-10,19H,1-2H3. The fraction of sp³-hybridized carbons (Fsp3) is 0.125. The lowest BCUT2D eigenvalue weighted by molar-refractivity contribution is 0.0592. The summed E-state index contributed by atoms with van der Waals surface area (Å²) in [6.07, 6.45) is 0. The Labute approximate surface area is 129 Å². The summed E-state index contributed by atoms with van der Waals surface area (Å²) in [4.78, 5) is 33.1. The van der Waals surface area contributed by atoms with Crippen LogP contribution in [0, 0.1) is 0 Å². The third kappa shape index (κ3) is 3.50. The van der Waals surface area contributed by atoms with Crippen LogP contribution in [-0.4, -0.2) is 31.1 Å². The number of hydrogen-bond donors (Lipinski definition) is 1. The SMILES string of the molecule is COC(=O)c1ccc(P(O)c2ccc(C(=O)OC)cc2)cc1. The Balaban J connectivity index is 2.18. The molecule has 0 bridgehead atoms. The van der Waals surface area contributed by atoms with E-state index in [1.54, 1.807) is 48.5 Å². The van der Waals surface area contributed by atoms with E-state index in [1.807, 2.05) is 0 Å². The zero-order valence-corrected chi connectivity index (χ0v) is 13.0. The first kappa shape index (κ1) is 16.1. The normalized spacial score (nSPS) is 10.4. The maximum atomic E-state index is 11.4. The van der Waals surface area contributed by atoms with Crippen LogP contribution in [0.15, 0.2) is 48.5 Å². The van der Waals surface area contributed by atoms with Crippen molar-refractivity contribution in [3.63, 3.8) is 0 Å². The molecular weight excluding hydrogens is 303 g/mol. The number of carbonyl (C=O) groups excluding carboxylic acids is 2. The predicted octanol–water partition coefficient (Wildman–Crippen LogP) is 1.60. The van der Waals surface area contributed by atoms with Gasteiger partial charge in [-0.05, 0) is 24.3 Å². The summed E-state index contributed by atoms with van der Waals surface area (Å²) in [5.74, 6) is -0.840. The van der Waals surface area contributed by atoms with Crippen LogP contribution in [-0.2, 0) is 9.47 Å². The molecule has 0 saturated carbocycles. The van der Waals surface area contributed by atoms with Crippen molar-refractivity contribution >= 4 is 30.7 Å². The molecule has 1 N–H and O–H groups in total. The van der Waals surface area contributed by atoms with Crippen molar-refractivity contribution in [3.05, 3.63) is 59.7 Å². The number of hydrogen-bond acceptors (Lipinski definition) is 5. The summed E-state index contributed by atoms with van der Waals surface area (Å²) >= 11 is 0. The Morgan fingerprint density at radius 2 is 1.09 bits per heavy atom. The van der Waals surface area contributed by atoms with Gasteiger partial charge in [0, 0.05) is 10.6 Å². The number of ether oxygens (including phenoxy) is 2. The molecule has 0 saturated heterocycles. The third-order valence-electron chi connectivity index (χ3n) is 3.07. The highest BCUT2D eigenvalue weighted by Gasteiger charge is 2.13. The molecule has 2 rings (SSSR count). The van der Waals surface area contributed by atoms with Crippen LogP contribution in [0.5, 0.6) is 0 Å². The van der Waals surface area contributed by atoms with Crippen LogP contribution in [0.3, 0.4) is 0 Å². The lowest BCUT2D eigenvalue weighted by Gasteiger charge is -2.12. The van der Waals surface area contributed by atoms with E-state index >= 15 is 0 Å². The number of rotatable bonds is 4. The predicted molar refractivity (Wildman–Crippen MR) is 84.0 cm³/mol. The molecule has 114 valence electrons. The Bertz CT molecular complexity index is 604. The molecule has 22 heavy (non-hydrogen) atoms. The second-order valence-corrected chi connectivity index (χ2v) is 6.05. The first-order chi connectivity index (χ1) is 10.6. The molecule has 0 heterocycles. The topological polar surface area (TPSA) is 72.8 Å². The lowest BCUT2D eigenvalue weighted by atomic mass is 10.2. The summed E-state index contributed by atoms with van der Waals surface area (Å²) in [6.45, 7) is 0. The van der Waals surface area contributed by atoms with E-state index < -0.39 is 20.1 Å². The van der Waals surface area contributed by atoms with Crippen LogP contribution >= 0.6 is 8.15 Å². The molecule has 0 fully saturated rings. The highest BCUT2D eigenvalue weighted by Crippen LogP contribution is 2.28. The average Bonchev–Trinajstić information content (AvgIpc) is 2.60. The maximum absolute atomic E-state index is 11.4. The lowest BCUT2D eigenvalue weighted by Crippen LogP contribution is -2.13. The molecule has 0 aliphatic carbocycles. The summed E-state index contributed by atoms with van der Waals surface area (Å²) in [5.41, 5.74) is 0.853. The van der Waals surface area contributed by atoms with Crippen LogP contribution in [0.1, 0.15) is 20.7 Å². The number of methoxy groups -OCH3 is 2. The van der Waals surface area contributed by atoms with E-state index in [0.717, 1.165) is 0 Å². The van der Waals surface area contributed by atoms with Gasteiger partial charge >= 0.3 is 11.9 Å². The van der Waals surface area contributed by atoms with E-state index in [1.165, 1.54) is 14.2 Å². The monoisotopic (exact) mass is 318 g/mol. The van der Waals surface area contributed by atoms with Crippen LogP contribution in [0.4, 0.5) is 0 Å².